The molecule has 1 heterocycles. The summed E-state index contributed by atoms with van der Waals surface area (Å²) in [5.74, 6) is -2.01. The van der Waals surface area contributed by atoms with Gasteiger partial charge in [-0.05, 0) is 19.1 Å². The molecule has 20 heavy (non-hydrogen) atoms. The van der Waals surface area contributed by atoms with Crippen LogP contribution in [0, 0.1) is 18.6 Å². The maximum Gasteiger partial charge on any atom is 0.265 e. The highest BCUT2D eigenvalue weighted by molar-refractivity contribution is 7.92. The van der Waals surface area contributed by atoms with Crippen molar-refractivity contribution >= 4 is 15.7 Å². The summed E-state index contributed by atoms with van der Waals surface area (Å²) in [5.41, 5.74) is -0.765. The Hall–Kier alpha value is -1.93. The zero-order chi connectivity index (χ0) is 14.9. The number of para-hydroxylation sites is 1. The van der Waals surface area contributed by atoms with Crippen molar-refractivity contribution in [1.82, 2.24) is 0 Å². The number of furan rings is 1. The van der Waals surface area contributed by atoms with E-state index >= 15 is 0 Å². The van der Waals surface area contributed by atoms with Crippen molar-refractivity contribution in [2.45, 2.75) is 18.4 Å². The molecule has 0 aliphatic carbocycles. The zero-order valence-corrected chi connectivity index (χ0v) is 11.2. The molecule has 0 radical (unpaired) electrons. The molecule has 0 atom stereocenters. The lowest BCUT2D eigenvalue weighted by Crippen LogP contribution is -2.15. The molecule has 0 fully saturated rings. The van der Waals surface area contributed by atoms with Crippen molar-refractivity contribution in [3.8, 4) is 0 Å². The third-order valence-corrected chi connectivity index (χ3v) is 4.02. The Labute approximate surface area is 113 Å². The Morgan fingerprint density at radius 1 is 1.30 bits per heavy atom. The molecule has 1 aromatic carbocycles. The van der Waals surface area contributed by atoms with E-state index < -0.39 is 34.0 Å². The first kappa shape index (κ1) is 14.5. The molecule has 2 rings (SSSR count). The molecule has 5 nitrogen and oxygen atoms in total. The van der Waals surface area contributed by atoms with Gasteiger partial charge < -0.3 is 9.52 Å². The van der Waals surface area contributed by atoms with Crippen molar-refractivity contribution in [3.63, 3.8) is 0 Å². The van der Waals surface area contributed by atoms with Crippen LogP contribution in [0.25, 0.3) is 0 Å². The lowest BCUT2D eigenvalue weighted by Gasteiger charge is -2.08. The Morgan fingerprint density at radius 2 is 1.90 bits per heavy atom. The summed E-state index contributed by atoms with van der Waals surface area (Å²) in [4.78, 5) is -0.288. The predicted molar refractivity (Wildman–Crippen MR) is 66.5 cm³/mol. The van der Waals surface area contributed by atoms with Crippen LogP contribution in [0.2, 0.25) is 0 Å². The first-order valence-electron chi connectivity index (χ1n) is 5.52. The highest BCUT2D eigenvalue weighted by Crippen LogP contribution is 2.25. The minimum absolute atomic E-state index is 0.0123. The molecule has 0 saturated carbocycles. The van der Waals surface area contributed by atoms with Crippen molar-refractivity contribution in [2.24, 2.45) is 0 Å². The van der Waals surface area contributed by atoms with Gasteiger partial charge in [0.2, 0.25) is 0 Å². The van der Waals surface area contributed by atoms with Gasteiger partial charge in [0.05, 0.1) is 0 Å². The zero-order valence-electron chi connectivity index (χ0n) is 10.4. The minimum Gasteiger partial charge on any atom is -0.462 e. The largest absolute Gasteiger partial charge is 0.462 e. The average Bonchev–Trinajstić information content (AvgIpc) is 2.76. The van der Waals surface area contributed by atoms with E-state index in [1.54, 1.807) is 0 Å². The van der Waals surface area contributed by atoms with Crippen LogP contribution in [0.3, 0.4) is 0 Å². The number of halogens is 2. The van der Waals surface area contributed by atoms with E-state index in [1.807, 2.05) is 4.72 Å². The summed E-state index contributed by atoms with van der Waals surface area (Å²) < 4.78 is 57.8. The summed E-state index contributed by atoms with van der Waals surface area (Å²) >= 11 is 0. The SMILES string of the molecule is Cc1oc(CO)cc1S(=O)(=O)Nc1c(F)cccc1F. The maximum atomic E-state index is 13.4. The topological polar surface area (TPSA) is 79.5 Å². The summed E-state index contributed by atoms with van der Waals surface area (Å²) in [5, 5.41) is 8.89. The van der Waals surface area contributed by atoms with Gasteiger partial charge in [-0.25, -0.2) is 17.2 Å². The van der Waals surface area contributed by atoms with Crippen LogP contribution in [-0.4, -0.2) is 13.5 Å². The van der Waals surface area contributed by atoms with Crippen LogP contribution in [0.4, 0.5) is 14.5 Å². The second-order valence-electron chi connectivity index (χ2n) is 3.99. The fourth-order valence-electron chi connectivity index (χ4n) is 1.65. The Balaban J connectivity index is 2.43. The fraction of sp³-hybridized carbons (Fsp3) is 0.167. The Kier molecular flexibility index (Phi) is 3.78. The molecular weight excluding hydrogens is 292 g/mol. The number of aliphatic hydroxyl groups is 1. The summed E-state index contributed by atoms with van der Waals surface area (Å²) in [6.07, 6.45) is 0. The number of hydrogen-bond donors (Lipinski definition) is 2. The molecule has 2 aromatic rings. The van der Waals surface area contributed by atoms with Gasteiger partial charge in [0.1, 0.15) is 40.3 Å². The smallest absolute Gasteiger partial charge is 0.265 e. The van der Waals surface area contributed by atoms with Crippen LogP contribution in [0.15, 0.2) is 33.6 Å². The van der Waals surface area contributed by atoms with Crippen LogP contribution in [0.5, 0.6) is 0 Å². The van der Waals surface area contributed by atoms with Gasteiger partial charge in [0, 0.05) is 6.07 Å². The first-order chi connectivity index (χ1) is 9.35. The van der Waals surface area contributed by atoms with E-state index in [4.69, 9.17) is 9.52 Å². The molecule has 0 aliphatic heterocycles. The van der Waals surface area contributed by atoms with Crippen LogP contribution in [-0.2, 0) is 16.6 Å². The van der Waals surface area contributed by atoms with Gasteiger partial charge >= 0.3 is 0 Å². The summed E-state index contributed by atoms with van der Waals surface area (Å²) in [7, 11) is -4.21. The second kappa shape index (κ2) is 5.22. The van der Waals surface area contributed by atoms with Crippen LogP contribution in [0.1, 0.15) is 11.5 Å². The molecule has 0 amide bonds. The van der Waals surface area contributed by atoms with Gasteiger partial charge in [-0.1, -0.05) is 6.07 Å². The van der Waals surface area contributed by atoms with E-state index in [2.05, 4.69) is 0 Å². The van der Waals surface area contributed by atoms with Crippen molar-refractivity contribution < 1.29 is 26.7 Å². The Morgan fingerprint density at radius 3 is 2.40 bits per heavy atom. The van der Waals surface area contributed by atoms with E-state index in [0.717, 1.165) is 24.3 Å². The number of anilines is 1. The normalized spacial score (nSPS) is 11.6. The standard InChI is InChI=1S/C12H11F2NO4S/c1-7-11(5-8(6-16)19-7)20(17,18)15-12-9(13)3-2-4-10(12)14/h2-5,15-16H,6H2,1H3. The van der Waals surface area contributed by atoms with Crippen LogP contribution < -0.4 is 4.72 Å². The molecule has 1 aromatic heterocycles. The molecule has 0 spiro atoms. The molecule has 2 N–H and O–H groups in total. The van der Waals surface area contributed by atoms with Crippen molar-refractivity contribution in [2.75, 3.05) is 4.72 Å². The monoisotopic (exact) mass is 303 g/mol. The number of benzene rings is 1. The minimum atomic E-state index is -4.21. The van der Waals surface area contributed by atoms with Crippen molar-refractivity contribution in [1.29, 1.82) is 0 Å². The fourth-order valence-corrected chi connectivity index (χ4v) is 2.93. The third kappa shape index (κ3) is 2.66. The lowest BCUT2D eigenvalue weighted by molar-refractivity contribution is 0.245. The highest BCUT2D eigenvalue weighted by Gasteiger charge is 2.24. The number of aliphatic hydroxyl groups excluding tert-OH is 1. The maximum absolute atomic E-state index is 13.4. The number of aryl methyl sites for hydroxylation is 1. The quantitative estimate of drug-likeness (QED) is 0.907. The highest BCUT2D eigenvalue weighted by atomic mass is 32.2. The van der Waals surface area contributed by atoms with Crippen molar-refractivity contribution in [3.05, 3.63) is 47.4 Å². The third-order valence-electron chi connectivity index (χ3n) is 2.57. The molecular formula is C12H11F2NO4S. The molecule has 0 aliphatic rings. The van der Waals surface area contributed by atoms with Gasteiger partial charge in [-0.3, -0.25) is 4.72 Å². The van der Waals surface area contributed by atoms with Gasteiger partial charge in [0.15, 0.2) is 0 Å². The van der Waals surface area contributed by atoms with E-state index in [9.17, 15) is 17.2 Å². The summed E-state index contributed by atoms with van der Waals surface area (Å²) in [6, 6.07) is 4.08. The number of nitrogens with one attached hydrogen (secondary N) is 1. The number of sulfonamides is 1. The van der Waals surface area contributed by atoms with Gasteiger partial charge in [0.25, 0.3) is 10.0 Å². The second-order valence-corrected chi connectivity index (χ2v) is 5.64. The van der Waals surface area contributed by atoms with Gasteiger partial charge in [-0.15, -0.1) is 0 Å². The van der Waals surface area contributed by atoms with E-state index in [-0.39, 0.29) is 16.4 Å². The van der Waals surface area contributed by atoms with E-state index in [1.165, 1.54) is 6.92 Å². The predicted octanol–water partition coefficient (Wildman–Crippen LogP) is 2.16. The summed E-state index contributed by atoms with van der Waals surface area (Å²) in [6.45, 7) is 0.885. The number of hydrogen-bond acceptors (Lipinski definition) is 4. The lowest BCUT2D eigenvalue weighted by atomic mass is 10.3. The Bertz CT molecular complexity index is 720. The molecule has 0 unspecified atom stereocenters. The average molecular weight is 303 g/mol. The first-order valence-corrected chi connectivity index (χ1v) is 7.00. The number of rotatable bonds is 4. The molecule has 108 valence electrons. The molecule has 0 saturated heterocycles. The van der Waals surface area contributed by atoms with E-state index in [0.29, 0.717) is 0 Å². The van der Waals surface area contributed by atoms with Crippen LogP contribution >= 0.6 is 0 Å². The molecule has 0 bridgehead atoms. The van der Waals surface area contributed by atoms with Gasteiger partial charge in [-0.2, -0.15) is 0 Å². The molecule has 8 heteroatoms.